The van der Waals surface area contributed by atoms with Gasteiger partial charge in [0, 0.05) is 5.69 Å². The molecule has 0 saturated heterocycles. The lowest BCUT2D eigenvalue weighted by Crippen LogP contribution is -2.29. The Hall–Kier alpha value is -1.28. The molecular weight excluding hydrogens is 257 g/mol. The number of alkyl halides is 2. The second-order valence-corrected chi connectivity index (χ2v) is 5.12. The summed E-state index contributed by atoms with van der Waals surface area (Å²) < 4.78 is 61.7. The lowest BCUT2D eigenvalue weighted by atomic mass is 10.2. The number of nitrogens with one attached hydrogen (secondary N) is 1. The van der Waals surface area contributed by atoms with Crippen molar-refractivity contribution in [3.8, 4) is 0 Å². The fourth-order valence-electron chi connectivity index (χ4n) is 1.12. The molecule has 0 bridgehead atoms. The Morgan fingerprint density at radius 1 is 1.41 bits per heavy atom. The summed E-state index contributed by atoms with van der Waals surface area (Å²) in [5.74, 6) is -1.03. The molecule has 1 rings (SSSR count). The Morgan fingerprint density at radius 2 is 2.00 bits per heavy atom. The molecule has 0 radical (unpaired) electrons. The number of hydrogen-bond acceptors (Lipinski definition) is 3. The summed E-state index contributed by atoms with van der Waals surface area (Å²) in [5.41, 5.74) is 5.88. The van der Waals surface area contributed by atoms with Crippen molar-refractivity contribution in [2.45, 2.75) is 18.2 Å². The number of anilines is 1. The molecule has 0 aromatic heterocycles. The Balaban J connectivity index is 3.11. The molecule has 1 aromatic carbocycles. The molecule has 0 fully saturated rings. The maximum atomic E-state index is 13.4. The quantitative estimate of drug-likeness (QED) is 0.807. The summed E-state index contributed by atoms with van der Waals surface area (Å²) >= 11 is 0. The summed E-state index contributed by atoms with van der Waals surface area (Å²) in [6.07, 6.45) is -2.85. The predicted octanol–water partition coefficient (Wildman–Crippen LogP) is 1.26. The van der Waals surface area contributed by atoms with Gasteiger partial charge in [-0.05, 0) is 24.6 Å². The molecule has 0 spiro atoms. The Labute approximate surface area is 96.7 Å². The molecule has 0 amide bonds. The first-order valence-corrected chi connectivity index (χ1v) is 6.06. The molecule has 0 aliphatic rings. The number of sulfonamides is 1. The van der Waals surface area contributed by atoms with E-state index in [1.54, 1.807) is 4.72 Å². The van der Waals surface area contributed by atoms with Gasteiger partial charge in [-0.2, -0.15) is 0 Å². The van der Waals surface area contributed by atoms with Crippen LogP contribution in [-0.4, -0.2) is 21.4 Å². The summed E-state index contributed by atoms with van der Waals surface area (Å²) in [6.45, 7) is 0.428. The predicted molar refractivity (Wildman–Crippen MR) is 56.7 cm³/mol. The largest absolute Gasteiger partial charge is 0.398 e. The molecule has 0 atom stereocenters. The number of aryl methyl sites for hydroxylation is 1. The number of benzene rings is 1. The second kappa shape index (κ2) is 4.92. The highest BCUT2D eigenvalue weighted by Gasteiger charge is 2.21. The van der Waals surface area contributed by atoms with Crippen molar-refractivity contribution < 1.29 is 21.6 Å². The Morgan fingerprint density at radius 3 is 2.53 bits per heavy atom. The van der Waals surface area contributed by atoms with E-state index in [2.05, 4.69) is 0 Å². The van der Waals surface area contributed by atoms with E-state index in [1.807, 2.05) is 0 Å². The Bertz CT molecular complexity index is 517. The third-order valence-corrected chi connectivity index (χ3v) is 3.48. The van der Waals surface area contributed by atoms with Crippen molar-refractivity contribution in [2.24, 2.45) is 0 Å². The van der Waals surface area contributed by atoms with Gasteiger partial charge in [-0.15, -0.1) is 0 Å². The van der Waals surface area contributed by atoms with Crippen LogP contribution in [0.3, 0.4) is 0 Å². The molecule has 0 aliphatic carbocycles. The lowest BCUT2D eigenvalue weighted by molar-refractivity contribution is 0.153. The topological polar surface area (TPSA) is 72.2 Å². The van der Waals surface area contributed by atoms with Crippen molar-refractivity contribution in [1.29, 1.82) is 0 Å². The van der Waals surface area contributed by atoms with Gasteiger partial charge in [0.05, 0.1) is 6.54 Å². The number of nitrogens with two attached hydrogens (primary N) is 1. The van der Waals surface area contributed by atoms with Crippen LogP contribution in [-0.2, 0) is 10.0 Å². The summed E-state index contributed by atoms with van der Waals surface area (Å²) in [5, 5.41) is 0. The average molecular weight is 268 g/mol. The monoisotopic (exact) mass is 268 g/mol. The third-order valence-electron chi connectivity index (χ3n) is 2.04. The molecule has 0 aliphatic heterocycles. The third kappa shape index (κ3) is 3.34. The highest BCUT2D eigenvalue weighted by molar-refractivity contribution is 7.89. The lowest BCUT2D eigenvalue weighted by Gasteiger charge is -2.09. The van der Waals surface area contributed by atoms with Crippen LogP contribution in [0.4, 0.5) is 18.9 Å². The van der Waals surface area contributed by atoms with Gasteiger partial charge in [0.25, 0.3) is 6.43 Å². The SMILES string of the molecule is Cc1cc(F)c(S(=O)(=O)NCC(F)F)cc1N. The summed E-state index contributed by atoms with van der Waals surface area (Å²) in [6, 6.07) is 1.84. The minimum atomic E-state index is -4.31. The molecule has 96 valence electrons. The fraction of sp³-hybridized carbons (Fsp3) is 0.333. The molecular formula is C9H11F3N2O2S. The molecule has 0 saturated carbocycles. The second-order valence-electron chi connectivity index (χ2n) is 3.38. The van der Waals surface area contributed by atoms with E-state index in [4.69, 9.17) is 5.73 Å². The van der Waals surface area contributed by atoms with Crippen LogP contribution in [0.1, 0.15) is 5.56 Å². The normalized spacial score (nSPS) is 12.1. The molecule has 0 heterocycles. The highest BCUT2D eigenvalue weighted by Crippen LogP contribution is 2.21. The van der Waals surface area contributed by atoms with Crippen LogP contribution in [0.2, 0.25) is 0 Å². The van der Waals surface area contributed by atoms with Crippen LogP contribution in [0.25, 0.3) is 0 Å². The molecule has 1 aromatic rings. The molecule has 17 heavy (non-hydrogen) atoms. The van der Waals surface area contributed by atoms with E-state index in [1.165, 1.54) is 6.92 Å². The van der Waals surface area contributed by atoms with Crippen LogP contribution in [0.15, 0.2) is 17.0 Å². The molecule has 4 nitrogen and oxygen atoms in total. The zero-order chi connectivity index (χ0) is 13.2. The number of halogens is 3. The van der Waals surface area contributed by atoms with Gasteiger partial charge >= 0.3 is 0 Å². The van der Waals surface area contributed by atoms with Crippen molar-refractivity contribution >= 4 is 15.7 Å². The number of rotatable bonds is 4. The maximum Gasteiger partial charge on any atom is 0.251 e. The maximum absolute atomic E-state index is 13.4. The van der Waals surface area contributed by atoms with Gasteiger partial charge in [0.2, 0.25) is 10.0 Å². The van der Waals surface area contributed by atoms with Gasteiger partial charge in [-0.1, -0.05) is 0 Å². The summed E-state index contributed by atoms with van der Waals surface area (Å²) in [7, 11) is -4.31. The van der Waals surface area contributed by atoms with Gasteiger partial charge < -0.3 is 5.73 Å². The highest BCUT2D eigenvalue weighted by atomic mass is 32.2. The zero-order valence-electron chi connectivity index (χ0n) is 8.88. The van der Waals surface area contributed by atoms with E-state index in [-0.39, 0.29) is 5.69 Å². The number of nitrogen functional groups attached to an aromatic ring is 1. The first-order valence-electron chi connectivity index (χ1n) is 4.57. The van der Waals surface area contributed by atoms with Crippen molar-refractivity contribution in [1.82, 2.24) is 4.72 Å². The molecule has 3 N–H and O–H groups in total. The smallest absolute Gasteiger partial charge is 0.251 e. The fourth-order valence-corrected chi connectivity index (χ4v) is 2.22. The zero-order valence-corrected chi connectivity index (χ0v) is 9.69. The standard InChI is InChI=1S/C9H11F3N2O2S/c1-5-2-6(10)8(3-7(5)13)17(15,16)14-4-9(11)12/h2-3,9,14H,4,13H2,1H3. The average Bonchev–Trinajstić information content (AvgIpc) is 2.20. The minimum absolute atomic E-state index is 0.0730. The first kappa shape index (κ1) is 13.8. The van der Waals surface area contributed by atoms with E-state index in [0.29, 0.717) is 5.56 Å². The van der Waals surface area contributed by atoms with E-state index >= 15 is 0 Å². The van der Waals surface area contributed by atoms with Gasteiger partial charge in [-0.25, -0.2) is 26.3 Å². The van der Waals surface area contributed by atoms with E-state index in [0.717, 1.165) is 12.1 Å². The van der Waals surface area contributed by atoms with Crippen LogP contribution >= 0.6 is 0 Å². The first-order chi connectivity index (χ1) is 7.74. The van der Waals surface area contributed by atoms with E-state index in [9.17, 15) is 21.6 Å². The van der Waals surface area contributed by atoms with Crippen LogP contribution in [0.5, 0.6) is 0 Å². The summed E-state index contributed by atoms with van der Waals surface area (Å²) in [4.78, 5) is -0.735. The van der Waals surface area contributed by atoms with Gasteiger partial charge in [-0.3, -0.25) is 0 Å². The Kier molecular flexibility index (Phi) is 3.99. The number of hydrogen-bond donors (Lipinski definition) is 2. The van der Waals surface area contributed by atoms with Crippen molar-refractivity contribution in [2.75, 3.05) is 12.3 Å². The van der Waals surface area contributed by atoms with Gasteiger partial charge in [0.15, 0.2) is 0 Å². The van der Waals surface area contributed by atoms with E-state index < -0.39 is 33.7 Å². The van der Waals surface area contributed by atoms with Gasteiger partial charge in [0.1, 0.15) is 10.7 Å². The van der Waals surface area contributed by atoms with Crippen molar-refractivity contribution in [3.63, 3.8) is 0 Å². The van der Waals surface area contributed by atoms with Crippen molar-refractivity contribution in [3.05, 3.63) is 23.5 Å². The molecule has 8 heteroatoms. The molecule has 0 unspecified atom stereocenters. The van der Waals surface area contributed by atoms with Crippen LogP contribution in [0, 0.1) is 12.7 Å². The van der Waals surface area contributed by atoms with Crippen LogP contribution < -0.4 is 10.5 Å². The minimum Gasteiger partial charge on any atom is -0.398 e.